The smallest absolute Gasteiger partial charge is 0.259 e. The number of piperazine rings is 1. The molecule has 0 spiro atoms. The molecule has 7 nitrogen and oxygen atoms in total. The molecule has 4 heterocycles. The monoisotopic (exact) mass is 432 g/mol. The standard InChI is InChI=1S/C20H24N4O3S2/c1-22-13-18(14-8-15(27-2)11-21-10-14)19-17(20(22)25)9-16(28-19)12-23-4-6-24(7-5-23)29(3)26/h8-11,13H,4-7,12H2,1-3H3. The van der Waals surface area contributed by atoms with Crippen LogP contribution in [0, 0.1) is 0 Å². The SMILES string of the molecule is COc1cncc(-c2cn(C)c(=O)c3cc(CN4CCN([S+](C)[O-])CC4)sc23)c1. The van der Waals surface area contributed by atoms with E-state index in [4.69, 9.17) is 4.74 Å². The molecule has 0 saturated carbocycles. The molecule has 1 aliphatic rings. The van der Waals surface area contributed by atoms with Gasteiger partial charge >= 0.3 is 0 Å². The topological polar surface area (TPSA) is 73.7 Å². The number of aromatic nitrogens is 2. The van der Waals surface area contributed by atoms with Crippen LogP contribution in [-0.2, 0) is 25.0 Å². The van der Waals surface area contributed by atoms with Crippen LogP contribution in [0.15, 0.2) is 35.5 Å². The van der Waals surface area contributed by atoms with E-state index in [0.717, 1.165) is 58.8 Å². The van der Waals surface area contributed by atoms with Crippen LogP contribution < -0.4 is 10.3 Å². The second kappa shape index (κ2) is 8.45. The van der Waals surface area contributed by atoms with E-state index >= 15 is 0 Å². The first-order chi connectivity index (χ1) is 14.0. The van der Waals surface area contributed by atoms with E-state index in [9.17, 15) is 9.35 Å². The molecule has 1 fully saturated rings. The lowest BCUT2D eigenvalue weighted by atomic mass is 10.1. The van der Waals surface area contributed by atoms with Crippen molar-refractivity contribution in [3.8, 4) is 16.9 Å². The Balaban J connectivity index is 1.66. The highest BCUT2D eigenvalue weighted by Gasteiger charge is 2.23. The van der Waals surface area contributed by atoms with Crippen LogP contribution in [0.2, 0.25) is 0 Å². The summed E-state index contributed by atoms with van der Waals surface area (Å²) in [6.07, 6.45) is 7.07. The first-order valence-corrected chi connectivity index (χ1v) is 11.7. The Morgan fingerprint density at radius 2 is 2.00 bits per heavy atom. The van der Waals surface area contributed by atoms with E-state index in [-0.39, 0.29) is 5.56 Å². The van der Waals surface area contributed by atoms with Gasteiger partial charge in [-0.2, -0.15) is 0 Å². The molecule has 1 unspecified atom stereocenters. The number of hydrogen-bond donors (Lipinski definition) is 0. The highest BCUT2D eigenvalue weighted by molar-refractivity contribution is 7.88. The fraction of sp³-hybridized carbons (Fsp3) is 0.400. The maximum Gasteiger partial charge on any atom is 0.259 e. The van der Waals surface area contributed by atoms with Crippen molar-refractivity contribution in [2.45, 2.75) is 6.54 Å². The normalized spacial score (nSPS) is 17.0. The molecule has 1 atom stereocenters. The van der Waals surface area contributed by atoms with Crippen molar-refractivity contribution < 1.29 is 9.29 Å². The van der Waals surface area contributed by atoms with Gasteiger partial charge in [-0.25, -0.2) is 0 Å². The molecule has 154 valence electrons. The molecule has 9 heteroatoms. The largest absolute Gasteiger partial charge is 0.598 e. The second-order valence-corrected chi connectivity index (χ2v) is 9.66. The number of aryl methyl sites for hydroxylation is 1. The number of pyridine rings is 2. The van der Waals surface area contributed by atoms with E-state index in [0.29, 0.717) is 5.75 Å². The lowest BCUT2D eigenvalue weighted by Gasteiger charge is -2.32. The number of nitrogens with zero attached hydrogens (tertiary/aromatic N) is 4. The van der Waals surface area contributed by atoms with Gasteiger partial charge in [0, 0.05) is 71.1 Å². The first kappa shape index (κ1) is 20.4. The average Bonchev–Trinajstić information content (AvgIpc) is 3.15. The third-order valence-corrected chi connectivity index (χ3v) is 7.48. The van der Waals surface area contributed by atoms with Crippen molar-refractivity contribution >= 4 is 32.8 Å². The van der Waals surface area contributed by atoms with Crippen LogP contribution in [0.25, 0.3) is 21.2 Å². The van der Waals surface area contributed by atoms with Gasteiger partial charge in [-0.05, 0) is 12.1 Å². The Labute approximate surface area is 176 Å². The zero-order valence-corrected chi connectivity index (χ0v) is 18.4. The minimum Gasteiger partial charge on any atom is -0.598 e. The molecule has 3 aromatic rings. The van der Waals surface area contributed by atoms with Gasteiger partial charge in [-0.3, -0.25) is 14.7 Å². The van der Waals surface area contributed by atoms with Crippen LogP contribution in [0.3, 0.4) is 0 Å². The lowest BCUT2D eigenvalue weighted by Crippen LogP contribution is -2.47. The zero-order valence-electron chi connectivity index (χ0n) is 16.8. The summed E-state index contributed by atoms with van der Waals surface area (Å²) in [5, 5.41) is 0.737. The molecule has 0 N–H and O–H groups in total. The third kappa shape index (κ3) is 4.19. The number of fused-ring (bicyclic) bond motifs is 1. The summed E-state index contributed by atoms with van der Waals surface area (Å²) in [4.78, 5) is 20.5. The summed E-state index contributed by atoms with van der Waals surface area (Å²) in [5.41, 5.74) is 1.92. The molecule has 0 radical (unpaired) electrons. The van der Waals surface area contributed by atoms with Gasteiger partial charge in [0.15, 0.2) is 0 Å². The molecule has 0 aliphatic carbocycles. The van der Waals surface area contributed by atoms with Gasteiger partial charge in [0.25, 0.3) is 5.56 Å². The summed E-state index contributed by atoms with van der Waals surface area (Å²) in [7, 11) is 3.40. The van der Waals surface area contributed by atoms with Crippen LogP contribution in [0.1, 0.15) is 4.88 Å². The van der Waals surface area contributed by atoms with Crippen LogP contribution in [-0.4, -0.2) is 62.9 Å². The number of thiophene rings is 1. The lowest BCUT2D eigenvalue weighted by molar-refractivity contribution is 0.183. The molecule has 0 bridgehead atoms. The Morgan fingerprint density at radius 1 is 1.24 bits per heavy atom. The minimum absolute atomic E-state index is 0.00769. The highest BCUT2D eigenvalue weighted by Crippen LogP contribution is 2.34. The Bertz CT molecular complexity index is 1070. The number of rotatable bonds is 5. The fourth-order valence-electron chi connectivity index (χ4n) is 3.63. The molecule has 29 heavy (non-hydrogen) atoms. The van der Waals surface area contributed by atoms with Gasteiger partial charge < -0.3 is 13.9 Å². The maximum atomic E-state index is 12.7. The second-order valence-electron chi connectivity index (χ2n) is 7.16. The van der Waals surface area contributed by atoms with E-state index in [1.165, 1.54) is 0 Å². The summed E-state index contributed by atoms with van der Waals surface area (Å²) >= 11 is 0.749. The van der Waals surface area contributed by atoms with Crippen LogP contribution in [0.5, 0.6) is 5.75 Å². The Morgan fingerprint density at radius 3 is 2.69 bits per heavy atom. The number of methoxy groups -OCH3 is 1. The van der Waals surface area contributed by atoms with Crippen molar-refractivity contribution in [3.63, 3.8) is 0 Å². The fourth-order valence-corrected chi connectivity index (χ4v) is 5.53. The molecule has 1 saturated heterocycles. The van der Waals surface area contributed by atoms with Crippen molar-refractivity contribution in [3.05, 3.63) is 46.0 Å². The molecular formula is C20H24N4O3S2. The summed E-state index contributed by atoms with van der Waals surface area (Å²) in [5.74, 6) is 0.687. The van der Waals surface area contributed by atoms with E-state index < -0.39 is 11.4 Å². The molecule has 1 aliphatic heterocycles. The van der Waals surface area contributed by atoms with E-state index in [1.54, 1.807) is 48.7 Å². The predicted octanol–water partition coefficient (Wildman–Crippen LogP) is 2.08. The Kier molecular flexibility index (Phi) is 5.93. The molecular weight excluding hydrogens is 408 g/mol. The third-order valence-electron chi connectivity index (χ3n) is 5.24. The maximum absolute atomic E-state index is 12.7. The zero-order chi connectivity index (χ0) is 20.5. The van der Waals surface area contributed by atoms with Gasteiger partial charge in [-0.15, -0.1) is 15.6 Å². The van der Waals surface area contributed by atoms with Crippen LogP contribution >= 0.6 is 11.3 Å². The van der Waals surface area contributed by atoms with Crippen molar-refractivity contribution in [2.24, 2.45) is 7.05 Å². The van der Waals surface area contributed by atoms with Gasteiger partial charge in [0.1, 0.15) is 12.0 Å². The number of ether oxygens (including phenoxy) is 1. The van der Waals surface area contributed by atoms with E-state index in [2.05, 4.69) is 9.88 Å². The van der Waals surface area contributed by atoms with E-state index in [1.807, 2.05) is 22.6 Å². The summed E-state index contributed by atoms with van der Waals surface area (Å²) in [6, 6.07) is 3.96. The van der Waals surface area contributed by atoms with Crippen molar-refractivity contribution in [1.29, 1.82) is 0 Å². The summed E-state index contributed by atoms with van der Waals surface area (Å²) in [6.45, 7) is 4.15. The predicted molar refractivity (Wildman–Crippen MR) is 118 cm³/mol. The number of hydrogen-bond acceptors (Lipinski definition) is 7. The molecule has 3 aromatic heterocycles. The Hall–Kier alpha value is -1.91. The van der Waals surface area contributed by atoms with Gasteiger partial charge in [-0.1, -0.05) is 0 Å². The van der Waals surface area contributed by atoms with Crippen molar-refractivity contribution in [2.75, 3.05) is 39.5 Å². The molecule has 0 amide bonds. The quantitative estimate of drug-likeness (QED) is 0.575. The molecule has 0 aromatic carbocycles. The van der Waals surface area contributed by atoms with Gasteiger partial charge in [0.05, 0.1) is 31.8 Å². The van der Waals surface area contributed by atoms with Crippen LogP contribution in [0.4, 0.5) is 0 Å². The minimum atomic E-state index is -0.910. The summed E-state index contributed by atoms with van der Waals surface area (Å²) < 4.78 is 21.5. The average molecular weight is 433 g/mol. The first-order valence-electron chi connectivity index (χ1n) is 9.38. The highest BCUT2D eigenvalue weighted by atomic mass is 32.2. The van der Waals surface area contributed by atoms with Crippen molar-refractivity contribution in [1.82, 2.24) is 18.8 Å². The van der Waals surface area contributed by atoms with Gasteiger partial charge in [0.2, 0.25) is 0 Å². The molecule has 4 rings (SSSR count).